The third kappa shape index (κ3) is 4.16. The van der Waals surface area contributed by atoms with E-state index in [1.165, 1.54) is 24.3 Å². The fourth-order valence-electron chi connectivity index (χ4n) is 1.72. The molecule has 0 aliphatic heterocycles. The normalized spacial score (nSPS) is 13.2. The highest BCUT2D eigenvalue weighted by Crippen LogP contribution is 2.37. The van der Waals surface area contributed by atoms with Crippen LogP contribution in [0.2, 0.25) is 5.02 Å². The first kappa shape index (κ1) is 15.2. The van der Waals surface area contributed by atoms with Crippen molar-refractivity contribution in [2.24, 2.45) is 0 Å². The third-order valence-corrected chi connectivity index (χ3v) is 3.57. The molecule has 1 nitrogen and oxygen atoms in total. The number of hydrogen-bond acceptors (Lipinski definition) is 2. The highest BCUT2D eigenvalue weighted by molar-refractivity contribution is 8.00. The summed E-state index contributed by atoms with van der Waals surface area (Å²) < 4.78 is 36.6. The number of benzene rings is 2. The fraction of sp³-hybridized carbons (Fsp3) is 0.143. The molecule has 0 fully saturated rings. The molecule has 0 bridgehead atoms. The summed E-state index contributed by atoms with van der Waals surface area (Å²) in [5, 5.41) is 10.6. The Hall–Kier alpha value is -1.17. The van der Waals surface area contributed by atoms with Crippen LogP contribution < -0.4 is 0 Å². The van der Waals surface area contributed by atoms with Crippen LogP contribution in [0.3, 0.4) is 0 Å². The fourth-order valence-corrected chi connectivity index (χ4v) is 2.46. The summed E-state index contributed by atoms with van der Waals surface area (Å²) >= 11 is 5.65. The molecule has 0 saturated heterocycles. The van der Waals surface area contributed by atoms with Crippen LogP contribution >= 0.6 is 23.4 Å². The van der Waals surface area contributed by atoms with Gasteiger partial charge in [0, 0.05) is 9.92 Å². The van der Waals surface area contributed by atoms with Crippen LogP contribution in [0.4, 0.5) is 13.2 Å². The van der Waals surface area contributed by atoms with E-state index in [1.54, 1.807) is 24.3 Å². The van der Waals surface area contributed by atoms with Gasteiger partial charge in [0.05, 0.1) is 0 Å². The molecule has 0 saturated carbocycles. The minimum Gasteiger partial charge on any atom is -0.384 e. The van der Waals surface area contributed by atoms with Crippen LogP contribution in [0, 0.1) is 0 Å². The van der Waals surface area contributed by atoms with Crippen molar-refractivity contribution in [3.63, 3.8) is 0 Å². The number of aliphatic hydroxyl groups excluding tert-OH is 1. The van der Waals surface area contributed by atoms with Crippen molar-refractivity contribution in [3.8, 4) is 0 Å². The van der Waals surface area contributed by atoms with E-state index in [1.807, 2.05) is 0 Å². The Labute approximate surface area is 123 Å². The number of hydrogen-bond donors (Lipinski definition) is 1. The molecule has 1 N–H and O–H groups in total. The first-order valence-electron chi connectivity index (χ1n) is 5.64. The van der Waals surface area contributed by atoms with Crippen molar-refractivity contribution in [1.29, 1.82) is 0 Å². The molecule has 106 valence electrons. The Kier molecular flexibility index (Phi) is 4.62. The van der Waals surface area contributed by atoms with Crippen molar-refractivity contribution < 1.29 is 18.3 Å². The van der Waals surface area contributed by atoms with Gasteiger partial charge in [0.1, 0.15) is 6.10 Å². The second-order valence-electron chi connectivity index (χ2n) is 4.07. The maximum atomic E-state index is 12.2. The molecule has 0 aliphatic carbocycles. The Bertz CT molecular complexity index is 584. The van der Waals surface area contributed by atoms with E-state index in [9.17, 15) is 18.3 Å². The first-order chi connectivity index (χ1) is 9.35. The lowest BCUT2D eigenvalue weighted by atomic mass is 10.0. The molecule has 0 amide bonds. The van der Waals surface area contributed by atoms with Gasteiger partial charge < -0.3 is 5.11 Å². The molecule has 20 heavy (non-hydrogen) atoms. The maximum absolute atomic E-state index is 12.2. The van der Waals surface area contributed by atoms with E-state index >= 15 is 0 Å². The summed E-state index contributed by atoms with van der Waals surface area (Å²) in [6.07, 6.45) is -0.918. The number of halogens is 4. The van der Waals surface area contributed by atoms with Gasteiger partial charge in [-0.2, -0.15) is 13.2 Å². The monoisotopic (exact) mass is 318 g/mol. The van der Waals surface area contributed by atoms with Crippen molar-refractivity contribution >= 4 is 23.4 Å². The van der Waals surface area contributed by atoms with Crippen molar-refractivity contribution in [2.75, 3.05) is 0 Å². The van der Waals surface area contributed by atoms with Gasteiger partial charge in [0.15, 0.2) is 0 Å². The molecule has 0 aromatic heterocycles. The van der Waals surface area contributed by atoms with E-state index in [2.05, 4.69) is 0 Å². The second-order valence-corrected chi connectivity index (χ2v) is 5.65. The predicted octanol–water partition coefficient (Wildman–Crippen LogP) is 5.03. The Morgan fingerprint density at radius 2 is 1.65 bits per heavy atom. The number of alkyl halides is 3. The highest BCUT2D eigenvalue weighted by atomic mass is 35.5. The minimum atomic E-state index is -4.31. The van der Waals surface area contributed by atoms with E-state index in [4.69, 9.17) is 11.6 Å². The zero-order chi connectivity index (χ0) is 14.8. The molecule has 6 heteroatoms. The van der Waals surface area contributed by atoms with Crippen LogP contribution in [-0.2, 0) is 0 Å². The molecule has 0 aliphatic rings. The SMILES string of the molecule is OC(c1ccc(SC(F)(F)F)cc1)c1cccc(Cl)c1. The van der Waals surface area contributed by atoms with E-state index < -0.39 is 11.6 Å². The van der Waals surface area contributed by atoms with Gasteiger partial charge in [0.2, 0.25) is 0 Å². The minimum absolute atomic E-state index is 0.0829. The average Bonchev–Trinajstić information content (AvgIpc) is 2.37. The zero-order valence-corrected chi connectivity index (χ0v) is 11.6. The Morgan fingerprint density at radius 1 is 1.00 bits per heavy atom. The number of aliphatic hydroxyl groups is 1. The quantitative estimate of drug-likeness (QED) is 0.801. The molecule has 0 radical (unpaired) electrons. The van der Waals surface area contributed by atoms with Crippen LogP contribution in [-0.4, -0.2) is 10.6 Å². The Balaban J connectivity index is 2.17. The number of thioether (sulfide) groups is 1. The molecule has 1 unspecified atom stereocenters. The molecule has 2 rings (SSSR count). The van der Waals surface area contributed by atoms with Gasteiger partial charge in [-0.05, 0) is 47.2 Å². The largest absolute Gasteiger partial charge is 0.446 e. The van der Waals surface area contributed by atoms with E-state index in [0.717, 1.165) is 0 Å². The lowest BCUT2D eigenvalue weighted by molar-refractivity contribution is -0.0328. The predicted molar refractivity (Wildman–Crippen MR) is 73.9 cm³/mol. The highest BCUT2D eigenvalue weighted by Gasteiger charge is 2.29. The van der Waals surface area contributed by atoms with Gasteiger partial charge in [-0.15, -0.1) is 0 Å². The molecule has 2 aromatic rings. The molecular formula is C14H10ClF3OS. The first-order valence-corrected chi connectivity index (χ1v) is 6.84. The van der Waals surface area contributed by atoms with Gasteiger partial charge in [0.25, 0.3) is 0 Å². The second kappa shape index (κ2) is 6.08. The Morgan fingerprint density at radius 3 is 2.20 bits per heavy atom. The molecule has 0 heterocycles. The smallest absolute Gasteiger partial charge is 0.384 e. The lowest BCUT2D eigenvalue weighted by Crippen LogP contribution is -2.01. The van der Waals surface area contributed by atoms with Crippen LogP contribution in [0.1, 0.15) is 17.2 Å². The molecule has 2 aromatic carbocycles. The van der Waals surface area contributed by atoms with E-state index in [-0.39, 0.29) is 16.7 Å². The summed E-state index contributed by atoms with van der Waals surface area (Å²) in [6, 6.07) is 12.3. The van der Waals surface area contributed by atoms with Crippen molar-refractivity contribution in [1.82, 2.24) is 0 Å². The summed E-state index contributed by atoms with van der Waals surface area (Å²) in [5.41, 5.74) is -3.21. The van der Waals surface area contributed by atoms with Crippen molar-refractivity contribution in [3.05, 3.63) is 64.7 Å². The van der Waals surface area contributed by atoms with E-state index in [0.29, 0.717) is 16.1 Å². The molecular weight excluding hydrogens is 309 g/mol. The summed E-state index contributed by atoms with van der Waals surface area (Å²) in [4.78, 5) is 0.0829. The van der Waals surface area contributed by atoms with Crippen LogP contribution in [0.15, 0.2) is 53.4 Å². The van der Waals surface area contributed by atoms with Gasteiger partial charge in [-0.25, -0.2) is 0 Å². The zero-order valence-electron chi connectivity index (χ0n) is 10.1. The lowest BCUT2D eigenvalue weighted by Gasteiger charge is -2.12. The van der Waals surface area contributed by atoms with Crippen LogP contribution in [0.25, 0.3) is 0 Å². The van der Waals surface area contributed by atoms with Gasteiger partial charge >= 0.3 is 5.51 Å². The van der Waals surface area contributed by atoms with Gasteiger partial charge in [-0.3, -0.25) is 0 Å². The summed E-state index contributed by atoms with van der Waals surface area (Å²) in [6.45, 7) is 0. The van der Waals surface area contributed by atoms with Crippen molar-refractivity contribution in [2.45, 2.75) is 16.5 Å². The molecule has 0 spiro atoms. The number of rotatable bonds is 3. The van der Waals surface area contributed by atoms with Gasteiger partial charge in [-0.1, -0.05) is 35.9 Å². The maximum Gasteiger partial charge on any atom is 0.446 e. The summed E-state index contributed by atoms with van der Waals surface area (Å²) in [7, 11) is 0. The molecule has 1 atom stereocenters. The third-order valence-electron chi connectivity index (χ3n) is 2.59. The average molecular weight is 319 g/mol. The van der Waals surface area contributed by atoms with Crippen LogP contribution in [0.5, 0.6) is 0 Å². The topological polar surface area (TPSA) is 20.2 Å². The summed E-state index contributed by atoms with van der Waals surface area (Å²) in [5.74, 6) is 0. The standard InChI is InChI=1S/C14H10ClF3OS/c15-11-3-1-2-10(8-11)13(19)9-4-6-12(7-5-9)20-14(16,17)18/h1-8,13,19H.